The van der Waals surface area contributed by atoms with E-state index in [1.165, 1.54) is 29.0 Å². The van der Waals surface area contributed by atoms with E-state index in [2.05, 4.69) is 11.4 Å². The number of allylic oxidation sites excluding steroid dienone is 1. The van der Waals surface area contributed by atoms with Crippen molar-refractivity contribution >= 4 is 33.2 Å². The quantitative estimate of drug-likeness (QED) is 0.618. The van der Waals surface area contributed by atoms with Crippen LogP contribution < -0.4 is 9.62 Å². The van der Waals surface area contributed by atoms with Gasteiger partial charge in [0.1, 0.15) is 0 Å². The second kappa shape index (κ2) is 9.67. The number of hydrogen-bond acceptors (Lipinski definition) is 3. The van der Waals surface area contributed by atoms with Crippen LogP contribution in [0.5, 0.6) is 0 Å². The summed E-state index contributed by atoms with van der Waals surface area (Å²) in [5.74, 6) is -0.126. The van der Waals surface area contributed by atoms with Crippen LogP contribution in [0.1, 0.15) is 47.2 Å². The largest absolute Gasteiger partial charge is 0.348 e. The molecule has 1 aliphatic carbocycles. The van der Waals surface area contributed by atoms with Gasteiger partial charge < -0.3 is 5.32 Å². The molecule has 30 heavy (non-hydrogen) atoms. The molecule has 0 bridgehead atoms. The van der Waals surface area contributed by atoms with Crippen molar-refractivity contribution in [2.24, 2.45) is 0 Å². The van der Waals surface area contributed by atoms with Crippen LogP contribution in [-0.2, 0) is 16.6 Å². The van der Waals surface area contributed by atoms with Gasteiger partial charge in [-0.05, 0) is 68.0 Å². The summed E-state index contributed by atoms with van der Waals surface area (Å²) in [6.07, 6.45) is 7.92. The number of carbonyl (C=O) groups excluding carboxylic acids is 1. The van der Waals surface area contributed by atoms with Gasteiger partial charge in [-0.2, -0.15) is 0 Å². The van der Waals surface area contributed by atoms with Crippen molar-refractivity contribution in [2.45, 2.75) is 39.2 Å². The number of rotatable bonds is 7. The average molecular weight is 447 g/mol. The Morgan fingerprint density at radius 2 is 1.87 bits per heavy atom. The Morgan fingerprint density at radius 1 is 1.13 bits per heavy atom. The highest BCUT2D eigenvalue weighted by Gasteiger charge is 2.20. The first kappa shape index (κ1) is 22.4. The minimum absolute atomic E-state index is 0.126. The van der Waals surface area contributed by atoms with E-state index < -0.39 is 10.0 Å². The van der Waals surface area contributed by atoms with Crippen LogP contribution in [0.4, 0.5) is 5.69 Å². The van der Waals surface area contributed by atoms with Gasteiger partial charge in [-0.3, -0.25) is 9.10 Å². The van der Waals surface area contributed by atoms with Crippen LogP contribution in [0.15, 0.2) is 54.1 Å². The van der Waals surface area contributed by atoms with Gasteiger partial charge in [-0.1, -0.05) is 41.4 Å². The van der Waals surface area contributed by atoms with Crippen molar-refractivity contribution in [3.63, 3.8) is 0 Å². The number of aryl methyl sites for hydroxylation is 1. The summed E-state index contributed by atoms with van der Waals surface area (Å²) >= 11 is 6.09. The molecular formula is C23H27ClN2O3S. The third-order valence-electron chi connectivity index (χ3n) is 5.24. The minimum atomic E-state index is -3.51. The van der Waals surface area contributed by atoms with Gasteiger partial charge >= 0.3 is 0 Å². The van der Waals surface area contributed by atoms with E-state index in [0.717, 1.165) is 24.0 Å². The Balaban J connectivity index is 1.72. The monoisotopic (exact) mass is 446 g/mol. The summed E-state index contributed by atoms with van der Waals surface area (Å²) in [6.45, 7) is 2.59. The standard InChI is InChI=1S/C23H27ClN2O3S/c1-17-8-13-21(24)14-22(17)26(30(2,28)29)16-19-9-11-20(12-10-19)23(27)25-15-18-6-4-3-5-7-18/h6,8-14H,3-5,7,15-16H2,1-2H3,(H,25,27). The molecule has 160 valence electrons. The van der Waals surface area contributed by atoms with E-state index in [-0.39, 0.29) is 12.5 Å². The van der Waals surface area contributed by atoms with Gasteiger partial charge in [0.15, 0.2) is 0 Å². The molecule has 0 atom stereocenters. The summed E-state index contributed by atoms with van der Waals surface area (Å²) in [5.41, 5.74) is 3.99. The number of hydrogen-bond donors (Lipinski definition) is 1. The lowest BCUT2D eigenvalue weighted by Gasteiger charge is -2.24. The first-order chi connectivity index (χ1) is 14.2. The number of sulfonamides is 1. The number of anilines is 1. The van der Waals surface area contributed by atoms with E-state index in [4.69, 9.17) is 11.6 Å². The molecule has 1 aliphatic rings. The molecule has 5 nitrogen and oxygen atoms in total. The van der Waals surface area contributed by atoms with Crippen LogP contribution >= 0.6 is 11.6 Å². The number of nitrogens with zero attached hydrogens (tertiary/aromatic N) is 1. The maximum atomic E-state index is 12.4. The zero-order valence-corrected chi connectivity index (χ0v) is 18.9. The van der Waals surface area contributed by atoms with E-state index >= 15 is 0 Å². The Bertz CT molecular complexity index is 1050. The van der Waals surface area contributed by atoms with Crippen LogP contribution in [0, 0.1) is 6.92 Å². The smallest absolute Gasteiger partial charge is 0.251 e. The van der Waals surface area contributed by atoms with E-state index in [0.29, 0.717) is 22.8 Å². The molecule has 7 heteroatoms. The Kier molecular flexibility index (Phi) is 7.21. The molecule has 0 saturated heterocycles. The summed E-state index contributed by atoms with van der Waals surface area (Å²) in [4.78, 5) is 12.4. The first-order valence-electron chi connectivity index (χ1n) is 10.0. The van der Waals surface area contributed by atoms with Gasteiger partial charge in [0.2, 0.25) is 10.0 Å². The Hall–Kier alpha value is -2.31. The highest BCUT2D eigenvalue weighted by Crippen LogP contribution is 2.28. The van der Waals surface area contributed by atoms with Crippen LogP contribution in [-0.4, -0.2) is 27.1 Å². The molecule has 0 radical (unpaired) electrons. The number of benzene rings is 2. The normalized spacial score (nSPS) is 14.2. The molecule has 0 spiro atoms. The van der Waals surface area contributed by atoms with Gasteiger partial charge in [0.25, 0.3) is 5.91 Å². The van der Waals surface area contributed by atoms with Crippen molar-refractivity contribution in [3.8, 4) is 0 Å². The predicted molar refractivity (Wildman–Crippen MR) is 123 cm³/mol. The molecule has 0 unspecified atom stereocenters. The molecule has 1 N–H and O–H groups in total. The zero-order chi connectivity index (χ0) is 21.7. The summed E-state index contributed by atoms with van der Waals surface area (Å²) in [5, 5.41) is 3.44. The Morgan fingerprint density at radius 3 is 2.50 bits per heavy atom. The summed E-state index contributed by atoms with van der Waals surface area (Å²) in [6, 6.07) is 12.2. The van der Waals surface area contributed by atoms with E-state index in [1.807, 2.05) is 6.92 Å². The molecule has 3 rings (SSSR count). The molecule has 0 aliphatic heterocycles. The lowest BCUT2D eigenvalue weighted by molar-refractivity contribution is 0.0956. The van der Waals surface area contributed by atoms with Gasteiger partial charge in [-0.25, -0.2) is 8.42 Å². The molecule has 2 aromatic rings. The van der Waals surface area contributed by atoms with E-state index in [1.54, 1.807) is 42.5 Å². The fourth-order valence-electron chi connectivity index (χ4n) is 3.52. The number of carbonyl (C=O) groups is 1. The summed E-state index contributed by atoms with van der Waals surface area (Å²) in [7, 11) is -3.51. The second-order valence-electron chi connectivity index (χ2n) is 7.69. The molecule has 0 aromatic heterocycles. The zero-order valence-electron chi connectivity index (χ0n) is 17.3. The lowest BCUT2D eigenvalue weighted by atomic mass is 9.99. The molecule has 0 fully saturated rings. The average Bonchev–Trinajstić information content (AvgIpc) is 2.72. The number of halogens is 1. The Labute approximate surface area is 183 Å². The summed E-state index contributed by atoms with van der Waals surface area (Å²) < 4.78 is 26.2. The minimum Gasteiger partial charge on any atom is -0.348 e. The van der Waals surface area contributed by atoms with Crippen molar-refractivity contribution < 1.29 is 13.2 Å². The second-order valence-corrected chi connectivity index (χ2v) is 10.0. The predicted octanol–water partition coefficient (Wildman–Crippen LogP) is 4.84. The van der Waals surface area contributed by atoms with Crippen molar-refractivity contribution in [1.82, 2.24) is 5.32 Å². The molecule has 1 amide bonds. The molecule has 0 saturated carbocycles. The van der Waals surface area contributed by atoms with Gasteiger partial charge in [0.05, 0.1) is 18.5 Å². The van der Waals surface area contributed by atoms with Crippen molar-refractivity contribution in [1.29, 1.82) is 0 Å². The fourth-order valence-corrected chi connectivity index (χ4v) is 4.62. The third-order valence-corrected chi connectivity index (χ3v) is 6.61. The topological polar surface area (TPSA) is 66.5 Å². The van der Waals surface area contributed by atoms with Crippen LogP contribution in [0.25, 0.3) is 0 Å². The van der Waals surface area contributed by atoms with Crippen LogP contribution in [0.3, 0.4) is 0 Å². The van der Waals surface area contributed by atoms with Crippen LogP contribution in [0.2, 0.25) is 5.02 Å². The third kappa shape index (κ3) is 5.86. The van der Waals surface area contributed by atoms with E-state index in [9.17, 15) is 13.2 Å². The highest BCUT2D eigenvalue weighted by atomic mass is 35.5. The van der Waals surface area contributed by atoms with Crippen molar-refractivity contribution in [3.05, 3.63) is 75.8 Å². The molecular weight excluding hydrogens is 420 g/mol. The maximum absolute atomic E-state index is 12.4. The maximum Gasteiger partial charge on any atom is 0.251 e. The first-order valence-corrected chi connectivity index (χ1v) is 12.3. The number of amides is 1. The molecule has 2 aromatic carbocycles. The van der Waals surface area contributed by atoms with Gasteiger partial charge in [0, 0.05) is 17.1 Å². The van der Waals surface area contributed by atoms with Crippen molar-refractivity contribution in [2.75, 3.05) is 17.1 Å². The highest BCUT2D eigenvalue weighted by molar-refractivity contribution is 7.92. The SMILES string of the molecule is Cc1ccc(Cl)cc1N(Cc1ccc(C(=O)NCC2=CCCCC2)cc1)S(C)(=O)=O. The van der Waals surface area contributed by atoms with Gasteiger partial charge in [-0.15, -0.1) is 0 Å². The lowest BCUT2D eigenvalue weighted by Crippen LogP contribution is -2.30. The fraction of sp³-hybridized carbons (Fsp3) is 0.348. The number of nitrogens with one attached hydrogen (secondary N) is 1. The molecule has 0 heterocycles.